The lowest BCUT2D eigenvalue weighted by Crippen LogP contribution is -2.54. The van der Waals surface area contributed by atoms with Gasteiger partial charge < -0.3 is 26.0 Å². The fourth-order valence-electron chi connectivity index (χ4n) is 4.31. The average molecular weight is 581 g/mol. The van der Waals surface area contributed by atoms with Gasteiger partial charge in [0.25, 0.3) is 0 Å². The van der Waals surface area contributed by atoms with Crippen LogP contribution in [0, 0.1) is 35.1 Å². The summed E-state index contributed by atoms with van der Waals surface area (Å²) in [6.07, 6.45) is 0.415. The van der Waals surface area contributed by atoms with E-state index in [1.165, 1.54) is 0 Å². The van der Waals surface area contributed by atoms with Gasteiger partial charge in [0, 0.05) is 24.2 Å². The number of Topliss-reactive ketones (excluding diaryl/α,β-unsaturated/α-hetero) is 1. The fraction of sp³-hybridized carbons (Fsp3) is 0.429. The quantitative estimate of drug-likeness (QED) is 0.201. The van der Waals surface area contributed by atoms with E-state index in [2.05, 4.69) is 21.3 Å². The van der Waals surface area contributed by atoms with Crippen molar-refractivity contribution in [2.24, 2.45) is 11.8 Å². The third-order valence-electron chi connectivity index (χ3n) is 6.40. The summed E-state index contributed by atoms with van der Waals surface area (Å²) < 4.78 is 59.9. The highest BCUT2D eigenvalue weighted by atomic mass is 19.2. The summed E-state index contributed by atoms with van der Waals surface area (Å²) in [5.41, 5.74) is 0.694. The summed E-state index contributed by atoms with van der Waals surface area (Å²) in [5.74, 6) is -11.7. The molecule has 1 fully saturated rings. The molecule has 3 atom stereocenters. The van der Waals surface area contributed by atoms with Crippen LogP contribution in [-0.2, 0) is 19.2 Å². The van der Waals surface area contributed by atoms with E-state index in [1.807, 2.05) is 19.9 Å². The van der Waals surface area contributed by atoms with Crippen molar-refractivity contribution < 1.29 is 41.5 Å². The van der Waals surface area contributed by atoms with Crippen molar-refractivity contribution in [3.8, 4) is 5.75 Å². The Morgan fingerprint density at radius 3 is 2.24 bits per heavy atom. The predicted molar refractivity (Wildman–Crippen MR) is 141 cm³/mol. The molecule has 1 aliphatic heterocycles. The molecular formula is C28H32F4N4O5. The molecule has 1 aliphatic rings. The van der Waals surface area contributed by atoms with Crippen molar-refractivity contribution in [3.63, 3.8) is 0 Å². The molecular weight excluding hydrogens is 548 g/mol. The Labute approximate surface area is 234 Å². The van der Waals surface area contributed by atoms with E-state index in [0.29, 0.717) is 18.7 Å². The van der Waals surface area contributed by atoms with Crippen LogP contribution in [0.1, 0.15) is 33.1 Å². The molecule has 0 radical (unpaired) electrons. The Kier molecular flexibility index (Phi) is 11.1. The number of ether oxygens (including phenoxy) is 1. The molecule has 3 rings (SSSR count). The fourth-order valence-corrected chi connectivity index (χ4v) is 4.31. The Morgan fingerprint density at radius 2 is 1.66 bits per heavy atom. The molecule has 3 amide bonds. The van der Waals surface area contributed by atoms with Crippen LogP contribution in [0.5, 0.6) is 5.75 Å². The Bertz CT molecular complexity index is 1240. The highest BCUT2D eigenvalue weighted by Crippen LogP contribution is 2.27. The predicted octanol–water partition coefficient (Wildman–Crippen LogP) is 2.84. The Balaban J connectivity index is 1.72. The van der Waals surface area contributed by atoms with E-state index < -0.39 is 71.2 Å². The number of hydrogen-bond donors (Lipinski definition) is 4. The second-order valence-corrected chi connectivity index (χ2v) is 10.1. The minimum absolute atomic E-state index is 0.000386. The second kappa shape index (κ2) is 14.5. The van der Waals surface area contributed by atoms with E-state index >= 15 is 0 Å². The lowest BCUT2D eigenvalue weighted by Gasteiger charge is -2.25. The number of benzene rings is 2. The maximum Gasteiger partial charge on any atom is 0.243 e. The highest BCUT2D eigenvalue weighted by molar-refractivity contribution is 5.94. The minimum Gasteiger partial charge on any atom is -0.479 e. The second-order valence-electron chi connectivity index (χ2n) is 10.1. The number of carbonyl (C=O) groups is 4. The third kappa shape index (κ3) is 8.92. The van der Waals surface area contributed by atoms with Crippen LogP contribution in [0.15, 0.2) is 36.4 Å². The van der Waals surface area contributed by atoms with E-state index in [-0.39, 0.29) is 37.3 Å². The molecule has 2 unspecified atom stereocenters. The van der Waals surface area contributed by atoms with Gasteiger partial charge in [0.1, 0.15) is 12.6 Å². The summed E-state index contributed by atoms with van der Waals surface area (Å²) in [7, 11) is 0. The van der Waals surface area contributed by atoms with Gasteiger partial charge >= 0.3 is 0 Å². The molecule has 0 aromatic heterocycles. The van der Waals surface area contributed by atoms with Gasteiger partial charge in [-0.3, -0.25) is 19.2 Å². The number of rotatable bonds is 14. The molecule has 0 spiro atoms. The largest absolute Gasteiger partial charge is 0.479 e. The summed E-state index contributed by atoms with van der Waals surface area (Å²) in [4.78, 5) is 51.1. The standard InChI is InChI=1S/C28H32F4N4O5/c1-15(2)10-21(35-23(38)13-34-17-6-4-3-5-7-17)28(40)36-20(11-16-8-9-33-27(16)39)22(37)14-41-26-24(31)18(29)12-19(30)25(26)32/h3-7,12,15-16,20-21,34H,8-11,13-14H2,1-2H3,(H,33,39)(H,35,38)(H,36,40)/t16-,20?,21?/m0/s1. The first kappa shape index (κ1) is 31.4. The molecule has 13 heteroatoms. The van der Waals surface area contributed by atoms with Crippen molar-refractivity contribution in [1.29, 1.82) is 0 Å². The van der Waals surface area contributed by atoms with Gasteiger partial charge in [-0.1, -0.05) is 32.0 Å². The summed E-state index contributed by atoms with van der Waals surface area (Å²) in [6, 6.07) is 6.49. The lowest BCUT2D eigenvalue weighted by molar-refractivity contribution is -0.132. The average Bonchev–Trinajstić information content (AvgIpc) is 3.34. The zero-order valence-corrected chi connectivity index (χ0v) is 22.6. The van der Waals surface area contributed by atoms with Crippen LogP contribution >= 0.6 is 0 Å². The van der Waals surface area contributed by atoms with E-state index in [9.17, 15) is 36.7 Å². The maximum atomic E-state index is 14.0. The van der Waals surface area contributed by atoms with Gasteiger partial charge in [0.05, 0.1) is 12.6 Å². The Hall–Kier alpha value is -4.16. The first-order valence-electron chi connectivity index (χ1n) is 13.1. The van der Waals surface area contributed by atoms with Gasteiger partial charge in [-0.05, 0) is 37.3 Å². The number of halogens is 4. The Morgan fingerprint density at radius 1 is 1.00 bits per heavy atom. The zero-order chi connectivity index (χ0) is 30.1. The number of amides is 3. The molecule has 222 valence electrons. The summed E-state index contributed by atoms with van der Waals surface area (Å²) in [6.45, 7) is 2.82. The first-order chi connectivity index (χ1) is 19.5. The molecule has 1 heterocycles. The van der Waals surface area contributed by atoms with Crippen LogP contribution < -0.4 is 26.0 Å². The number of ketones is 1. The van der Waals surface area contributed by atoms with Crippen molar-refractivity contribution in [3.05, 3.63) is 59.7 Å². The lowest BCUT2D eigenvalue weighted by atomic mass is 9.95. The molecule has 4 N–H and O–H groups in total. The number of nitrogens with one attached hydrogen (secondary N) is 4. The number of hydrogen-bond acceptors (Lipinski definition) is 6. The van der Waals surface area contributed by atoms with Crippen molar-refractivity contribution in [2.75, 3.05) is 25.0 Å². The maximum absolute atomic E-state index is 14.0. The van der Waals surface area contributed by atoms with Gasteiger partial charge in [-0.15, -0.1) is 0 Å². The van der Waals surface area contributed by atoms with Crippen LogP contribution in [0.25, 0.3) is 0 Å². The molecule has 0 aliphatic carbocycles. The summed E-state index contributed by atoms with van der Waals surface area (Å²) >= 11 is 0. The van der Waals surface area contributed by atoms with Crippen LogP contribution in [0.2, 0.25) is 0 Å². The summed E-state index contributed by atoms with van der Waals surface area (Å²) in [5, 5.41) is 10.7. The molecule has 1 saturated heterocycles. The molecule has 0 saturated carbocycles. The van der Waals surface area contributed by atoms with E-state index in [0.717, 1.165) is 0 Å². The number of para-hydroxylation sites is 1. The van der Waals surface area contributed by atoms with Crippen molar-refractivity contribution >= 4 is 29.2 Å². The van der Waals surface area contributed by atoms with E-state index in [4.69, 9.17) is 4.74 Å². The zero-order valence-electron chi connectivity index (χ0n) is 22.6. The topological polar surface area (TPSA) is 126 Å². The third-order valence-corrected chi connectivity index (χ3v) is 6.40. The molecule has 9 nitrogen and oxygen atoms in total. The minimum atomic E-state index is -1.82. The molecule has 2 aromatic rings. The van der Waals surface area contributed by atoms with Gasteiger partial charge in [0.2, 0.25) is 29.4 Å². The first-order valence-corrected chi connectivity index (χ1v) is 13.1. The molecule has 41 heavy (non-hydrogen) atoms. The van der Waals surface area contributed by atoms with Crippen LogP contribution in [0.4, 0.5) is 23.2 Å². The smallest absolute Gasteiger partial charge is 0.243 e. The highest BCUT2D eigenvalue weighted by Gasteiger charge is 2.34. The van der Waals surface area contributed by atoms with Gasteiger partial charge in [-0.25, -0.2) is 8.78 Å². The normalized spacial score (nSPS) is 16.1. The van der Waals surface area contributed by atoms with E-state index in [1.54, 1.807) is 24.3 Å². The van der Waals surface area contributed by atoms with Crippen LogP contribution in [0.3, 0.4) is 0 Å². The van der Waals surface area contributed by atoms with Gasteiger partial charge in [0.15, 0.2) is 23.2 Å². The monoisotopic (exact) mass is 580 g/mol. The molecule has 0 bridgehead atoms. The number of carbonyl (C=O) groups excluding carboxylic acids is 4. The van der Waals surface area contributed by atoms with Crippen LogP contribution in [-0.4, -0.2) is 55.3 Å². The number of anilines is 1. The van der Waals surface area contributed by atoms with Crippen molar-refractivity contribution in [1.82, 2.24) is 16.0 Å². The van der Waals surface area contributed by atoms with Crippen molar-refractivity contribution in [2.45, 2.75) is 45.2 Å². The SMILES string of the molecule is CC(C)CC(NC(=O)CNc1ccccc1)C(=O)NC(C[C@@H]1CCNC1=O)C(=O)COc1c(F)c(F)cc(F)c1F. The molecule has 2 aromatic carbocycles. The van der Waals surface area contributed by atoms with Gasteiger partial charge in [-0.2, -0.15) is 8.78 Å².